The summed E-state index contributed by atoms with van der Waals surface area (Å²) in [7, 11) is 0. The Balaban J connectivity index is 1.95. The molecule has 2 aromatic carbocycles. The summed E-state index contributed by atoms with van der Waals surface area (Å²) in [5, 5.41) is 0.786. The van der Waals surface area contributed by atoms with Crippen LogP contribution in [0.5, 0.6) is 0 Å². The molecule has 2 N–H and O–H groups in total. The average molecular weight is 363 g/mol. The van der Waals surface area contributed by atoms with Crippen molar-refractivity contribution in [2.45, 2.75) is 17.0 Å². The largest absolute Gasteiger partial charge is 0.451 e. The molecule has 4 nitrogen and oxygen atoms in total. The van der Waals surface area contributed by atoms with Gasteiger partial charge in [-0.15, -0.1) is 11.8 Å². The van der Waals surface area contributed by atoms with Gasteiger partial charge in [0.25, 0.3) is 0 Å². The molecule has 8 heteroatoms. The van der Waals surface area contributed by atoms with E-state index in [9.17, 15) is 18.0 Å². The number of hydrogen-bond donors (Lipinski definition) is 1. The summed E-state index contributed by atoms with van der Waals surface area (Å²) < 4.78 is 39.0. The molecule has 128 valence electrons. The quantitative estimate of drug-likeness (QED) is 0.561. The second-order valence-electron chi connectivity index (χ2n) is 5.22. The molecule has 0 fully saturated rings. The lowest BCUT2D eigenvalue weighted by Crippen LogP contribution is -2.12. The molecule has 25 heavy (non-hydrogen) atoms. The monoisotopic (exact) mass is 363 g/mol. The van der Waals surface area contributed by atoms with Crippen LogP contribution in [0.15, 0.2) is 53.6 Å². The van der Waals surface area contributed by atoms with Gasteiger partial charge in [0.15, 0.2) is 0 Å². The highest BCUT2D eigenvalue weighted by Crippen LogP contribution is 2.33. The molecule has 1 heterocycles. The van der Waals surface area contributed by atoms with Gasteiger partial charge in [-0.05, 0) is 23.8 Å². The van der Waals surface area contributed by atoms with Crippen molar-refractivity contribution in [3.63, 3.8) is 0 Å². The Morgan fingerprint density at radius 1 is 1.08 bits per heavy atom. The first-order valence-corrected chi connectivity index (χ1v) is 8.18. The van der Waals surface area contributed by atoms with E-state index in [1.807, 2.05) is 0 Å². The fourth-order valence-corrected chi connectivity index (χ4v) is 3.21. The fourth-order valence-electron chi connectivity index (χ4n) is 2.25. The van der Waals surface area contributed by atoms with Crippen LogP contribution in [0, 0.1) is 0 Å². The van der Waals surface area contributed by atoms with Gasteiger partial charge in [-0.25, -0.2) is 9.97 Å². The van der Waals surface area contributed by atoms with Crippen molar-refractivity contribution in [3.8, 4) is 0 Å². The first-order valence-electron chi connectivity index (χ1n) is 7.20. The molecule has 3 rings (SSSR count). The minimum absolute atomic E-state index is 0.234. The molecule has 0 saturated carbocycles. The van der Waals surface area contributed by atoms with Crippen molar-refractivity contribution in [2.24, 2.45) is 5.73 Å². The van der Waals surface area contributed by atoms with Crippen molar-refractivity contribution in [1.29, 1.82) is 0 Å². The maximum atomic E-state index is 13.0. The van der Waals surface area contributed by atoms with E-state index in [1.165, 1.54) is 6.07 Å². The average Bonchev–Trinajstić information content (AvgIpc) is 2.59. The molecule has 1 aromatic heterocycles. The van der Waals surface area contributed by atoms with Gasteiger partial charge in [0, 0.05) is 16.7 Å². The number of hydrogen-bond acceptors (Lipinski definition) is 4. The number of nitrogens with zero attached hydrogens (tertiary/aromatic N) is 2. The summed E-state index contributed by atoms with van der Waals surface area (Å²) in [5.74, 6) is -1.38. The van der Waals surface area contributed by atoms with E-state index in [0.717, 1.165) is 17.3 Å². The molecule has 0 unspecified atom stereocenters. The number of alkyl halides is 3. The van der Waals surface area contributed by atoms with Crippen LogP contribution in [0.4, 0.5) is 13.2 Å². The van der Waals surface area contributed by atoms with E-state index >= 15 is 0 Å². The fraction of sp³-hybridized carbons (Fsp3) is 0.118. The summed E-state index contributed by atoms with van der Waals surface area (Å²) in [6, 6.07) is 13.2. The minimum Gasteiger partial charge on any atom is -0.366 e. The van der Waals surface area contributed by atoms with Crippen LogP contribution in [-0.2, 0) is 11.9 Å². The molecular weight excluding hydrogens is 351 g/mol. The van der Waals surface area contributed by atoms with E-state index in [2.05, 4.69) is 9.97 Å². The van der Waals surface area contributed by atoms with E-state index in [1.54, 1.807) is 42.5 Å². The van der Waals surface area contributed by atoms with Gasteiger partial charge in [-0.1, -0.05) is 30.3 Å². The summed E-state index contributed by atoms with van der Waals surface area (Å²) in [6.07, 6.45) is -4.62. The number of aromatic nitrogens is 2. The van der Waals surface area contributed by atoms with Crippen LogP contribution < -0.4 is 5.73 Å². The van der Waals surface area contributed by atoms with E-state index in [4.69, 9.17) is 5.73 Å². The highest BCUT2D eigenvalue weighted by atomic mass is 32.2. The topological polar surface area (TPSA) is 68.9 Å². The molecule has 0 aliphatic heterocycles. The standard InChI is InChI=1S/C17H12F3N3OS/c18-17(19,20)16-22-13-7-2-1-6-12(13)15(23-16)25-9-10-4-3-5-11(8-10)14(21)24/h1-8H,9H2,(H2,21,24). The maximum Gasteiger partial charge on any atom is 0.451 e. The van der Waals surface area contributed by atoms with Gasteiger partial charge in [0.2, 0.25) is 11.7 Å². The highest BCUT2D eigenvalue weighted by molar-refractivity contribution is 7.98. The second-order valence-corrected chi connectivity index (χ2v) is 6.18. The van der Waals surface area contributed by atoms with E-state index in [0.29, 0.717) is 16.7 Å². The second kappa shape index (κ2) is 6.72. The third-order valence-electron chi connectivity index (χ3n) is 3.41. The van der Waals surface area contributed by atoms with Gasteiger partial charge >= 0.3 is 6.18 Å². The number of amides is 1. The predicted octanol–water partition coefficient (Wildman–Crippen LogP) is 4.04. The number of para-hydroxylation sites is 1. The number of primary amides is 1. The van der Waals surface area contributed by atoms with Gasteiger partial charge in [-0.2, -0.15) is 13.2 Å². The lowest BCUT2D eigenvalue weighted by Gasteiger charge is -2.10. The zero-order valence-electron chi connectivity index (χ0n) is 12.7. The van der Waals surface area contributed by atoms with Gasteiger partial charge < -0.3 is 5.73 Å². The van der Waals surface area contributed by atoms with E-state index in [-0.39, 0.29) is 10.5 Å². The van der Waals surface area contributed by atoms with Crippen LogP contribution >= 0.6 is 11.8 Å². The van der Waals surface area contributed by atoms with Gasteiger partial charge in [0.1, 0.15) is 5.03 Å². The molecule has 3 aromatic rings. The Labute approximate surface area is 145 Å². The number of nitrogens with two attached hydrogens (primary N) is 1. The first-order chi connectivity index (χ1) is 11.8. The number of fused-ring (bicyclic) bond motifs is 1. The first kappa shape index (κ1) is 17.2. The lowest BCUT2D eigenvalue weighted by atomic mass is 10.1. The number of thioether (sulfide) groups is 1. The molecule has 0 aliphatic rings. The Morgan fingerprint density at radius 2 is 1.84 bits per heavy atom. The Bertz CT molecular complexity index is 944. The number of rotatable bonds is 4. The molecule has 0 radical (unpaired) electrons. The summed E-state index contributed by atoms with van der Waals surface area (Å²) in [6.45, 7) is 0. The number of benzene rings is 2. The Hall–Kier alpha value is -2.61. The lowest BCUT2D eigenvalue weighted by molar-refractivity contribution is -0.145. The van der Waals surface area contributed by atoms with Crippen molar-refractivity contribution < 1.29 is 18.0 Å². The SMILES string of the molecule is NC(=O)c1cccc(CSc2nc(C(F)(F)F)nc3ccccc23)c1. The van der Waals surface area contributed by atoms with Crippen LogP contribution in [0.25, 0.3) is 10.9 Å². The molecule has 0 bridgehead atoms. The molecule has 0 aliphatic carbocycles. The third-order valence-corrected chi connectivity index (χ3v) is 4.47. The predicted molar refractivity (Wildman–Crippen MR) is 89.1 cm³/mol. The van der Waals surface area contributed by atoms with Crippen LogP contribution in [0.3, 0.4) is 0 Å². The van der Waals surface area contributed by atoms with Crippen LogP contribution in [-0.4, -0.2) is 15.9 Å². The molecule has 0 spiro atoms. The van der Waals surface area contributed by atoms with Crippen molar-refractivity contribution in [1.82, 2.24) is 9.97 Å². The maximum absolute atomic E-state index is 13.0. The normalized spacial score (nSPS) is 11.6. The minimum atomic E-state index is -4.62. The smallest absolute Gasteiger partial charge is 0.366 e. The van der Waals surface area contributed by atoms with Gasteiger partial charge in [-0.3, -0.25) is 4.79 Å². The number of carbonyl (C=O) groups excluding carboxylic acids is 1. The molecule has 0 saturated heterocycles. The van der Waals surface area contributed by atoms with E-state index < -0.39 is 17.9 Å². The zero-order valence-corrected chi connectivity index (χ0v) is 13.6. The van der Waals surface area contributed by atoms with Gasteiger partial charge in [0.05, 0.1) is 5.52 Å². The molecule has 0 atom stereocenters. The van der Waals surface area contributed by atoms with Crippen molar-refractivity contribution in [3.05, 3.63) is 65.5 Å². The molecule has 1 amide bonds. The number of halogens is 3. The van der Waals surface area contributed by atoms with Crippen molar-refractivity contribution in [2.75, 3.05) is 0 Å². The molecular formula is C17H12F3N3OS. The summed E-state index contributed by atoms with van der Waals surface area (Å²) >= 11 is 1.15. The van der Waals surface area contributed by atoms with Crippen molar-refractivity contribution >= 4 is 28.6 Å². The van der Waals surface area contributed by atoms with Crippen LogP contribution in [0.2, 0.25) is 0 Å². The number of carbonyl (C=O) groups is 1. The summed E-state index contributed by atoms with van der Waals surface area (Å²) in [5.41, 5.74) is 6.59. The van der Waals surface area contributed by atoms with Crippen LogP contribution in [0.1, 0.15) is 21.7 Å². The zero-order chi connectivity index (χ0) is 18.0. The Kier molecular flexibility index (Phi) is 4.63. The summed E-state index contributed by atoms with van der Waals surface area (Å²) in [4.78, 5) is 18.5. The Morgan fingerprint density at radius 3 is 2.56 bits per heavy atom. The third kappa shape index (κ3) is 3.90. The highest BCUT2D eigenvalue weighted by Gasteiger charge is 2.35.